The zero-order valence-corrected chi connectivity index (χ0v) is 14.0. The van der Waals surface area contributed by atoms with Gasteiger partial charge in [-0.25, -0.2) is 13.1 Å². The van der Waals surface area contributed by atoms with Gasteiger partial charge >= 0.3 is 0 Å². The van der Waals surface area contributed by atoms with E-state index < -0.39 is 14.9 Å². The first kappa shape index (κ1) is 18.1. The van der Waals surface area contributed by atoms with Crippen LogP contribution in [0.1, 0.15) is 11.1 Å². The van der Waals surface area contributed by atoms with Crippen molar-refractivity contribution < 1.29 is 13.3 Å². The van der Waals surface area contributed by atoms with E-state index in [1.54, 1.807) is 0 Å². The molecule has 0 aliphatic carbocycles. The number of nitrogens with one attached hydrogen (secondary N) is 2. The molecule has 0 spiro atoms. The van der Waals surface area contributed by atoms with Gasteiger partial charge in [-0.05, 0) is 18.6 Å². The van der Waals surface area contributed by atoms with E-state index in [0.717, 1.165) is 11.6 Å². The van der Waals surface area contributed by atoms with Gasteiger partial charge in [0.25, 0.3) is 5.69 Å². The van der Waals surface area contributed by atoms with Gasteiger partial charge in [0.2, 0.25) is 10.0 Å². The molecule has 2 aromatic carbocycles. The lowest BCUT2D eigenvalue weighted by molar-refractivity contribution is -0.385. The summed E-state index contributed by atoms with van der Waals surface area (Å²) in [6, 6.07) is 13.0. The predicted octanol–water partition coefficient (Wildman–Crippen LogP) is 1.97. The van der Waals surface area contributed by atoms with Crippen LogP contribution in [0.4, 0.5) is 5.69 Å². The summed E-state index contributed by atoms with van der Waals surface area (Å²) in [7, 11) is -3.76. The van der Waals surface area contributed by atoms with Crippen molar-refractivity contribution in [2.75, 3.05) is 13.1 Å². The molecule has 0 atom stereocenters. The third-order valence-electron chi connectivity index (χ3n) is 3.38. The Morgan fingerprint density at radius 3 is 2.46 bits per heavy atom. The molecule has 0 fully saturated rings. The van der Waals surface area contributed by atoms with Gasteiger partial charge in [-0.15, -0.1) is 0 Å². The van der Waals surface area contributed by atoms with Crippen molar-refractivity contribution in [3.05, 3.63) is 69.8 Å². The van der Waals surface area contributed by atoms with Crippen molar-refractivity contribution in [1.29, 1.82) is 0 Å². The standard InChI is InChI=1S/C16H19N3O4S/c1-13-5-7-14(8-6-13)12-17-9-10-18-24(22,23)16-4-2-3-15(11-16)19(20)21/h2-8,11,17-18H,9-10,12H2,1H3. The molecule has 128 valence electrons. The van der Waals surface area contributed by atoms with Gasteiger partial charge in [-0.3, -0.25) is 10.1 Å². The minimum absolute atomic E-state index is 0.116. The Hall–Kier alpha value is -2.29. The van der Waals surface area contributed by atoms with E-state index in [4.69, 9.17) is 0 Å². The van der Waals surface area contributed by atoms with E-state index >= 15 is 0 Å². The van der Waals surface area contributed by atoms with Crippen LogP contribution < -0.4 is 10.0 Å². The fourth-order valence-corrected chi connectivity index (χ4v) is 3.13. The molecule has 24 heavy (non-hydrogen) atoms. The Labute approximate surface area is 140 Å². The molecule has 0 saturated carbocycles. The Bertz CT molecular complexity index is 804. The van der Waals surface area contributed by atoms with Gasteiger partial charge in [-0.2, -0.15) is 0 Å². The Morgan fingerprint density at radius 2 is 1.79 bits per heavy atom. The molecule has 2 rings (SSSR count). The summed E-state index contributed by atoms with van der Waals surface area (Å²) in [4.78, 5) is 9.98. The summed E-state index contributed by atoms with van der Waals surface area (Å²) in [5.41, 5.74) is 2.04. The SMILES string of the molecule is Cc1ccc(CNCCNS(=O)(=O)c2cccc([N+](=O)[O-])c2)cc1. The Balaban J connectivity index is 1.83. The molecule has 0 heterocycles. The molecule has 2 aromatic rings. The number of non-ortho nitro benzene ring substituents is 1. The monoisotopic (exact) mass is 349 g/mol. The zero-order valence-electron chi connectivity index (χ0n) is 13.2. The van der Waals surface area contributed by atoms with Gasteiger partial charge in [-0.1, -0.05) is 35.9 Å². The summed E-state index contributed by atoms with van der Waals surface area (Å²) >= 11 is 0. The normalized spacial score (nSPS) is 11.4. The van der Waals surface area contributed by atoms with Gasteiger partial charge in [0.05, 0.1) is 9.82 Å². The van der Waals surface area contributed by atoms with Crippen molar-refractivity contribution in [1.82, 2.24) is 10.0 Å². The number of nitrogens with zero attached hydrogens (tertiary/aromatic N) is 1. The van der Waals surface area contributed by atoms with Crippen LogP contribution in [0.25, 0.3) is 0 Å². The zero-order chi connectivity index (χ0) is 17.6. The average Bonchev–Trinajstić information content (AvgIpc) is 2.56. The molecule has 0 aliphatic heterocycles. The summed E-state index contributed by atoms with van der Waals surface area (Å²) in [6.07, 6.45) is 0. The second-order valence-corrected chi connectivity index (χ2v) is 7.08. The number of hydrogen-bond acceptors (Lipinski definition) is 5. The number of aryl methyl sites for hydroxylation is 1. The molecule has 0 saturated heterocycles. The highest BCUT2D eigenvalue weighted by Gasteiger charge is 2.16. The van der Waals surface area contributed by atoms with Crippen LogP contribution in [0.5, 0.6) is 0 Å². The maximum absolute atomic E-state index is 12.1. The third kappa shape index (κ3) is 5.12. The van der Waals surface area contributed by atoms with Crippen LogP contribution in [-0.4, -0.2) is 26.4 Å². The van der Waals surface area contributed by atoms with Crippen molar-refractivity contribution in [2.24, 2.45) is 0 Å². The molecular formula is C16H19N3O4S. The largest absolute Gasteiger partial charge is 0.311 e. The maximum atomic E-state index is 12.1. The van der Waals surface area contributed by atoms with Crippen LogP contribution in [0.3, 0.4) is 0 Å². The van der Waals surface area contributed by atoms with Crippen LogP contribution >= 0.6 is 0 Å². The van der Waals surface area contributed by atoms with E-state index in [2.05, 4.69) is 10.0 Å². The summed E-state index contributed by atoms with van der Waals surface area (Å²) in [6.45, 7) is 3.29. The number of nitro benzene ring substituents is 1. The topological polar surface area (TPSA) is 101 Å². The molecule has 0 unspecified atom stereocenters. The minimum atomic E-state index is -3.76. The van der Waals surface area contributed by atoms with Crippen molar-refractivity contribution in [3.63, 3.8) is 0 Å². The third-order valence-corrected chi connectivity index (χ3v) is 4.84. The van der Waals surface area contributed by atoms with Crippen molar-refractivity contribution in [3.8, 4) is 0 Å². The van der Waals surface area contributed by atoms with Crippen molar-refractivity contribution >= 4 is 15.7 Å². The maximum Gasteiger partial charge on any atom is 0.270 e. The van der Waals surface area contributed by atoms with Gasteiger partial charge < -0.3 is 5.32 Å². The number of hydrogen-bond donors (Lipinski definition) is 2. The first-order valence-corrected chi connectivity index (χ1v) is 8.87. The lowest BCUT2D eigenvalue weighted by atomic mass is 10.1. The molecular weight excluding hydrogens is 330 g/mol. The molecule has 0 radical (unpaired) electrons. The summed E-state index contributed by atoms with van der Waals surface area (Å²) in [5, 5.41) is 13.9. The highest BCUT2D eigenvalue weighted by Crippen LogP contribution is 2.16. The number of rotatable bonds is 8. The highest BCUT2D eigenvalue weighted by molar-refractivity contribution is 7.89. The first-order valence-electron chi connectivity index (χ1n) is 7.39. The molecule has 0 bridgehead atoms. The van der Waals surface area contributed by atoms with Crippen LogP contribution in [0, 0.1) is 17.0 Å². The lowest BCUT2D eigenvalue weighted by Gasteiger charge is -2.08. The second-order valence-electron chi connectivity index (χ2n) is 5.31. The number of sulfonamides is 1. The Kier molecular flexibility index (Phi) is 6.02. The van der Waals surface area contributed by atoms with E-state index in [9.17, 15) is 18.5 Å². The van der Waals surface area contributed by atoms with Crippen LogP contribution in [0.2, 0.25) is 0 Å². The molecule has 7 nitrogen and oxygen atoms in total. The van der Waals surface area contributed by atoms with Gasteiger partial charge in [0.1, 0.15) is 0 Å². The predicted molar refractivity (Wildman–Crippen MR) is 91.2 cm³/mol. The van der Waals surface area contributed by atoms with Crippen LogP contribution in [-0.2, 0) is 16.6 Å². The van der Waals surface area contributed by atoms with Crippen LogP contribution in [0.15, 0.2) is 53.4 Å². The Morgan fingerprint density at radius 1 is 1.08 bits per heavy atom. The van der Waals surface area contributed by atoms with Gasteiger partial charge in [0, 0.05) is 31.8 Å². The lowest BCUT2D eigenvalue weighted by Crippen LogP contribution is -2.31. The quantitative estimate of drug-likeness (QED) is 0.431. The molecule has 0 aliphatic rings. The van der Waals surface area contributed by atoms with E-state index in [1.165, 1.54) is 23.8 Å². The van der Waals surface area contributed by atoms with E-state index in [1.807, 2.05) is 31.2 Å². The fraction of sp³-hybridized carbons (Fsp3) is 0.250. The number of nitro groups is 1. The second kappa shape index (κ2) is 8.00. The first-order chi connectivity index (χ1) is 11.4. The summed E-state index contributed by atoms with van der Waals surface area (Å²) in [5.74, 6) is 0. The minimum Gasteiger partial charge on any atom is -0.311 e. The highest BCUT2D eigenvalue weighted by atomic mass is 32.2. The average molecular weight is 349 g/mol. The number of benzene rings is 2. The van der Waals surface area contributed by atoms with E-state index in [0.29, 0.717) is 13.1 Å². The van der Waals surface area contributed by atoms with Crippen molar-refractivity contribution in [2.45, 2.75) is 18.4 Å². The van der Waals surface area contributed by atoms with Gasteiger partial charge in [0.15, 0.2) is 0 Å². The van der Waals surface area contributed by atoms with E-state index in [-0.39, 0.29) is 17.1 Å². The molecule has 0 amide bonds. The molecule has 8 heteroatoms. The summed E-state index contributed by atoms with van der Waals surface area (Å²) < 4.78 is 26.7. The smallest absolute Gasteiger partial charge is 0.270 e. The fourth-order valence-electron chi connectivity index (χ4n) is 2.06. The molecule has 0 aromatic heterocycles. The molecule has 2 N–H and O–H groups in total.